The van der Waals surface area contributed by atoms with Crippen LogP contribution in [0.25, 0.3) is 0 Å². The van der Waals surface area contributed by atoms with Crippen LogP contribution in [-0.4, -0.2) is 22.7 Å². The number of nitrogens with zero attached hydrogens (tertiary/aromatic N) is 1. The minimum atomic E-state index is -0.269. The molecule has 1 amide bonds. The lowest BCUT2D eigenvalue weighted by Gasteiger charge is -2.16. The van der Waals surface area contributed by atoms with Gasteiger partial charge in [0.25, 0.3) is 0 Å². The molecule has 5 heteroatoms. The van der Waals surface area contributed by atoms with Crippen molar-refractivity contribution in [3.05, 3.63) is 34.1 Å². The van der Waals surface area contributed by atoms with Crippen molar-refractivity contribution in [2.45, 2.75) is 13.0 Å². The van der Waals surface area contributed by atoms with E-state index in [4.69, 9.17) is 0 Å². The summed E-state index contributed by atoms with van der Waals surface area (Å²) in [5.41, 5.74) is 0.566. The molecule has 0 saturated carbocycles. The zero-order valence-corrected chi connectivity index (χ0v) is 12.3. The van der Waals surface area contributed by atoms with E-state index in [2.05, 4.69) is 31.9 Å². The van der Waals surface area contributed by atoms with Gasteiger partial charge in [0, 0.05) is 34.9 Å². The summed E-state index contributed by atoms with van der Waals surface area (Å²) >= 11 is 6.60. The summed E-state index contributed by atoms with van der Waals surface area (Å²) in [5.74, 6) is 0.187. The summed E-state index contributed by atoms with van der Waals surface area (Å²) in [4.78, 5) is 13.4. The van der Waals surface area contributed by atoms with E-state index < -0.39 is 0 Å². The van der Waals surface area contributed by atoms with Crippen molar-refractivity contribution in [1.29, 1.82) is 0 Å². The maximum absolute atomic E-state index is 13.6. The van der Waals surface area contributed by atoms with Gasteiger partial charge in [0.15, 0.2) is 0 Å². The predicted molar refractivity (Wildman–Crippen MR) is 71.4 cm³/mol. The highest BCUT2D eigenvalue weighted by Gasteiger charge is 2.29. The van der Waals surface area contributed by atoms with E-state index in [1.165, 1.54) is 6.07 Å². The maximum Gasteiger partial charge on any atom is 0.223 e. The van der Waals surface area contributed by atoms with Gasteiger partial charge in [-0.15, -0.1) is 0 Å². The first-order chi connectivity index (χ1) is 8.10. The fourth-order valence-electron chi connectivity index (χ4n) is 1.97. The van der Waals surface area contributed by atoms with Crippen LogP contribution in [0.3, 0.4) is 0 Å². The molecule has 1 aliphatic heterocycles. The Balaban J connectivity index is 2.08. The second-order valence-corrected chi connectivity index (χ2v) is 5.80. The third-order valence-electron chi connectivity index (χ3n) is 2.89. The number of hydrogen-bond acceptors (Lipinski definition) is 1. The zero-order valence-electron chi connectivity index (χ0n) is 9.13. The number of likely N-dealkylation sites (tertiary alicyclic amines) is 1. The topological polar surface area (TPSA) is 20.3 Å². The molecule has 2 rings (SSSR count). The first-order valence-electron chi connectivity index (χ1n) is 5.38. The Bertz CT molecular complexity index is 439. The van der Waals surface area contributed by atoms with Gasteiger partial charge in [-0.25, -0.2) is 4.39 Å². The van der Waals surface area contributed by atoms with E-state index in [1.54, 1.807) is 17.0 Å². The van der Waals surface area contributed by atoms with Crippen LogP contribution in [0.15, 0.2) is 22.7 Å². The molecular formula is C12H12Br2FNO. The Morgan fingerprint density at radius 3 is 2.82 bits per heavy atom. The number of carbonyl (C=O) groups is 1. The molecule has 17 heavy (non-hydrogen) atoms. The normalized spacial score (nSPS) is 20.1. The number of rotatable bonds is 3. The van der Waals surface area contributed by atoms with E-state index in [0.29, 0.717) is 35.5 Å². The van der Waals surface area contributed by atoms with Crippen LogP contribution in [0, 0.1) is 11.7 Å². The lowest BCUT2D eigenvalue weighted by molar-refractivity contribution is -0.128. The van der Waals surface area contributed by atoms with Crippen LogP contribution in [0.2, 0.25) is 0 Å². The standard InChI is InChI=1S/C12H12Br2FNO/c13-5-8-3-12(17)16(6-8)7-9-1-2-10(14)4-11(9)15/h1-2,4,8H,3,5-7H2. The molecule has 0 N–H and O–H groups in total. The minimum absolute atomic E-state index is 0.108. The van der Waals surface area contributed by atoms with Gasteiger partial charge in [-0.2, -0.15) is 0 Å². The van der Waals surface area contributed by atoms with Crippen molar-refractivity contribution < 1.29 is 9.18 Å². The van der Waals surface area contributed by atoms with Crippen LogP contribution in [0.4, 0.5) is 4.39 Å². The van der Waals surface area contributed by atoms with Crippen molar-refractivity contribution in [2.75, 3.05) is 11.9 Å². The number of halogens is 3. The van der Waals surface area contributed by atoms with Crippen molar-refractivity contribution in [2.24, 2.45) is 5.92 Å². The molecule has 0 aliphatic carbocycles. The summed E-state index contributed by atoms with van der Waals surface area (Å²) in [5, 5.41) is 0.818. The predicted octanol–water partition coefficient (Wildman–Crippen LogP) is 3.33. The molecule has 1 aromatic carbocycles. The van der Waals surface area contributed by atoms with Gasteiger partial charge in [-0.05, 0) is 18.1 Å². The number of amides is 1. The van der Waals surface area contributed by atoms with E-state index >= 15 is 0 Å². The van der Waals surface area contributed by atoms with Gasteiger partial charge in [0.1, 0.15) is 5.82 Å². The van der Waals surface area contributed by atoms with Crippen LogP contribution < -0.4 is 0 Å². The minimum Gasteiger partial charge on any atom is -0.338 e. The van der Waals surface area contributed by atoms with Gasteiger partial charge in [-0.1, -0.05) is 37.9 Å². The molecule has 0 spiro atoms. The zero-order chi connectivity index (χ0) is 12.4. The molecule has 92 valence electrons. The van der Waals surface area contributed by atoms with Gasteiger partial charge < -0.3 is 4.90 Å². The lowest BCUT2D eigenvalue weighted by Crippen LogP contribution is -2.25. The third-order valence-corrected chi connectivity index (χ3v) is 4.30. The Morgan fingerprint density at radius 1 is 1.47 bits per heavy atom. The van der Waals surface area contributed by atoms with Crippen molar-refractivity contribution in [3.8, 4) is 0 Å². The first kappa shape index (κ1) is 13.0. The molecule has 1 aromatic rings. The Morgan fingerprint density at radius 2 is 2.24 bits per heavy atom. The highest BCUT2D eigenvalue weighted by Crippen LogP contribution is 2.23. The van der Waals surface area contributed by atoms with Crippen molar-refractivity contribution >= 4 is 37.8 Å². The highest BCUT2D eigenvalue weighted by atomic mass is 79.9. The summed E-state index contributed by atoms with van der Waals surface area (Å²) in [6, 6.07) is 4.94. The van der Waals surface area contributed by atoms with E-state index in [1.807, 2.05) is 0 Å². The van der Waals surface area contributed by atoms with Crippen molar-refractivity contribution in [3.63, 3.8) is 0 Å². The van der Waals surface area contributed by atoms with E-state index in [9.17, 15) is 9.18 Å². The number of benzene rings is 1. The number of alkyl halides is 1. The van der Waals surface area contributed by atoms with Gasteiger partial charge in [0.2, 0.25) is 5.91 Å². The smallest absolute Gasteiger partial charge is 0.223 e. The van der Waals surface area contributed by atoms with Gasteiger partial charge >= 0.3 is 0 Å². The molecule has 0 aromatic heterocycles. The second kappa shape index (κ2) is 5.48. The molecule has 1 unspecified atom stereocenters. The summed E-state index contributed by atoms with van der Waals surface area (Å²) in [6.07, 6.45) is 0.559. The fraction of sp³-hybridized carbons (Fsp3) is 0.417. The summed E-state index contributed by atoms with van der Waals surface area (Å²) < 4.78 is 14.3. The number of hydrogen-bond donors (Lipinski definition) is 0. The molecule has 1 atom stereocenters. The number of carbonyl (C=O) groups excluding carboxylic acids is 1. The monoisotopic (exact) mass is 363 g/mol. The largest absolute Gasteiger partial charge is 0.338 e. The lowest BCUT2D eigenvalue weighted by atomic mass is 10.1. The van der Waals surface area contributed by atoms with Crippen LogP contribution >= 0.6 is 31.9 Å². The van der Waals surface area contributed by atoms with E-state index in [0.717, 1.165) is 5.33 Å². The van der Waals surface area contributed by atoms with E-state index in [-0.39, 0.29) is 11.7 Å². The maximum atomic E-state index is 13.6. The van der Waals surface area contributed by atoms with Crippen LogP contribution in [-0.2, 0) is 11.3 Å². The van der Waals surface area contributed by atoms with Crippen LogP contribution in [0.5, 0.6) is 0 Å². The molecule has 1 saturated heterocycles. The highest BCUT2D eigenvalue weighted by molar-refractivity contribution is 9.10. The van der Waals surface area contributed by atoms with Crippen molar-refractivity contribution in [1.82, 2.24) is 4.90 Å². The molecular weight excluding hydrogens is 353 g/mol. The quantitative estimate of drug-likeness (QED) is 0.753. The molecule has 1 heterocycles. The molecule has 0 bridgehead atoms. The fourth-order valence-corrected chi connectivity index (χ4v) is 2.73. The average molecular weight is 365 g/mol. The third kappa shape index (κ3) is 3.07. The van der Waals surface area contributed by atoms with Crippen LogP contribution in [0.1, 0.15) is 12.0 Å². The Hall–Kier alpha value is -0.420. The van der Waals surface area contributed by atoms with Gasteiger partial charge in [0.05, 0.1) is 0 Å². The SMILES string of the molecule is O=C1CC(CBr)CN1Cc1ccc(Br)cc1F. The summed E-state index contributed by atoms with van der Waals surface area (Å²) in [6.45, 7) is 1.07. The Kier molecular flexibility index (Phi) is 4.20. The molecule has 0 radical (unpaired) electrons. The first-order valence-corrected chi connectivity index (χ1v) is 7.29. The molecule has 2 nitrogen and oxygen atoms in total. The summed E-state index contributed by atoms with van der Waals surface area (Å²) in [7, 11) is 0. The average Bonchev–Trinajstić information content (AvgIpc) is 2.64. The molecule has 1 aliphatic rings. The molecule has 1 fully saturated rings. The Labute approximate surface area is 116 Å². The second-order valence-electron chi connectivity index (χ2n) is 4.23. The van der Waals surface area contributed by atoms with Gasteiger partial charge in [-0.3, -0.25) is 4.79 Å².